The lowest BCUT2D eigenvalue weighted by Gasteiger charge is -2.13. The number of hydrogen-bond donors (Lipinski definition) is 3. The largest absolute Gasteiger partial charge is 0.437 e. The molecule has 2 amide bonds. The molecule has 3 N–H and O–H groups in total. The maximum Gasteiger partial charge on any atom is 0.323 e. The van der Waals surface area contributed by atoms with Gasteiger partial charge in [0.25, 0.3) is 0 Å². The van der Waals surface area contributed by atoms with Gasteiger partial charge in [-0.3, -0.25) is 0 Å². The average molecular weight is 542 g/mol. The second kappa shape index (κ2) is 11.9. The molecule has 3 aromatic carbocycles. The van der Waals surface area contributed by atoms with E-state index in [9.17, 15) is 4.79 Å². The van der Waals surface area contributed by atoms with E-state index in [0.717, 1.165) is 63.4 Å². The van der Waals surface area contributed by atoms with Crippen LogP contribution in [-0.4, -0.2) is 22.5 Å². The van der Waals surface area contributed by atoms with E-state index in [1.54, 1.807) is 0 Å². The number of carbonyl (C=O) groups is 1. The molecule has 1 atom stereocenters. The number of urea groups is 1. The van der Waals surface area contributed by atoms with Gasteiger partial charge >= 0.3 is 6.03 Å². The summed E-state index contributed by atoms with van der Waals surface area (Å²) < 4.78 is 6.30. The third-order valence-electron chi connectivity index (χ3n) is 7.08. The Hall–Kier alpha value is -5.17. The van der Waals surface area contributed by atoms with E-state index in [0.29, 0.717) is 18.2 Å². The summed E-state index contributed by atoms with van der Waals surface area (Å²) in [4.78, 5) is 21.4. The van der Waals surface area contributed by atoms with Crippen molar-refractivity contribution in [1.82, 2.24) is 15.3 Å². The number of hydrogen-bond acceptors (Lipinski definition) is 5. The Labute approximate surface area is 239 Å². The molecule has 0 aliphatic heterocycles. The third kappa shape index (κ3) is 6.04. The highest BCUT2D eigenvalue weighted by Gasteiger charge is 2.21. The fourth-order valence-electron chi connectivity index (χ4n) is 4.93. The number of benzene rings is 3. The SMILES string of the molecule is CC1C=CC(NC(=O)Nc2ccc(CCNc3ncnc4oc(-c5ccccc5)c(-c5ccccc5)c34)cc2)=CC1. The molecule has 0 saturated heterocycles. The number of nitrogens with one attached hydrogen (secondary N) is 3. The zero-order chi connectivity index (χ0) is 28.0. The van der Waals surface area contributed by atoms with E-state index >= 15 is 0 Å². The fourth-order valence-corrected chi connectivity index (χ4v) is 4.93. The molecule has 204 valence electrons. The van der Waals surface area contributed by atoms with Crippen LogP contribution in [0.1, 0.15) is 18.9 Å². The summed E-state index contributed by atoms with van der Waals surface area (Å²) >= 11 is 0. The van der Waals surface area contributed by atoms with Crippen LogP contribution in [0.25, 0.3) is 33.6 Å². The zero-order valence-corrected chi connectivity index (χ0v) is 22.8. The van der Waals surface area contributed by atoms with Crippen LogP contribution < -0.4 is 16.0 Å². The zero-order valence-electron chi connectivity index (χ0n) is 22.8. The molecule has 7 heteroatoms. The number of aromatic nitrogens is 2. The Bertz CT molecular complexity index is 1710. The van der Waals surface area contributed by atoms with Crippen molar-refractivity contribution in [3.05, 3.63) is 121 Å². The van der Waals surface area contributed by atoms with Crippen LogP contribution in [0.2, 0.25) is 0 Å². The molecule has 2 heterocycles. The summed E-state index contributed by atoms with van der Waals surface area (Å²) in [5.74, 6) is 2.01. The Morgan fingerprint density at radius 2 is 1.63 bits per heavy atom. The van der Waals surface area contributed by atoms with Crippen molar-refractivity contribution in [2.75, 3.05) is 17.2 Å². The van der Waals surface area contributed by atoms with Gasteiger partial charge in [0.05, 0.1) is 5.39 Å². The minimum atomic E-state index is -0.248. The number of carbonyl (C=O) groups excluding carboxylic acids is 1. The van der Waals surface area contributed by atoms with Gasteiger partial charge in [-0.15, -0.1) is 0 Å². The maximum absolute atomic E-state index is 12.4. The minimum Gasteiger partial charge on any atom is -0.437 e. The van der Waals surface area contributed by atoms with E-state index in [2.05, 4.69) is 51.1 Å². The molecule has 1 aliphatic carbocycles. The molecule has 0 bridgehead atoms. The molecule has 1 unspecified atom stereocenters. The molecule has 0 saturated carbocycles. The topological polar surface area (TPSA) is 92.1 Å². The van der Waals surface area contributed by atoms with E-state index < -0.39 is 0 Å². The minimum absolute atomic E-state index is 0.248. The number of fused-ring (bicyclic) bond motifs is 1. The van der Waals surface area contributed by atoms with Crippen molar-refractivity contribution in [2.24, 2.45) is 5.92 Å². The molecule has 0 fully saturated rings. The average Bonchev–Trinajstić information content (AvgIpc) is 3.41. The molecule has 41 heavy (non-hydrogen) atoms. The molecule has 7 nitrogen and oxygen atoms in total. The molecule has 0 radical (unpaired) electrons. The van der Waals surface area contributed by atoms with Crippen LogP contribution in [0.15, 0.2) is 120 Å². The molecule has 0 spiro atoms. The Morgan fingerprint density at radius 3 is 2.34 bits per heavy atom. The lowest BCUT2D eigenvalue weighted by molar-refractivity contribution is 0.254. The molecular weight excluding hydrogens is 510 g/mol. The van der Waals surface area contributed by atoms with Crippen molar-refractivity contribution < 1.29 is 9.21 Å². The van der Waals surface area contributed by atoms with Gasteiger partial charge in [0, 0.05) is 29.1 Å². The summed E-state index contributed by atoms with van der Waals surface area (Å²) in [5.41, 5.74) is 6.25. The quantitative estimate of drug-likeness (QED) is 0.186. The van der Waals surface area contributed by atoms with Crippen LogP contribution in [0.3, 0.4) is 0 Å². The van der Waals surface area contributed by atoms with Crippen LogP contribution in [0.5, 0.6) is 0 Å². The van der Waals surface area contributed by atoms with Crippen LogP contribution in [0.4, 0.5) is 16.3 Å². The van der Waals surface area contributed by atoms with Gasteiger partial charge in [-0.1, -0.05) is 91.9 Å². The number of amides is 2. The van der Waals surface area contributed by atoms with E-state index in [4.69, 9.17) is 4.42 Å². The lowest BCUT2D eigenvalue weighted by atomic mass is 9.99. The maximum atomic E-state index is 12.4. The monoisotopic (exact) mass is 541 g/mol. The number of furan rings is 1. The summed E-state index contributed by atoms with van der Waals surface area (Å²) in [6.45, 7) is 2.81. The molecule has 5 aromatic rings. The summed E-state index contributed by atoms with van der Waals surface area (Å²) in [6, 6.07) is 27.9. The number of anilines is 2. The highest BCUT2D eigenvalue weighted by Crippen LogP contribution is 2.42. The van der Waals surface area contributed by atoms with E-state index in [1.165, 1.54) is 6.33 Å². The van der Waals surface area contributed by atoms with E-state index in [-0.39, 0.29) is 6.03 Å². The van der Waals surface area contributed by atoms with Gasteiger partial charge < -0.3 is 20.4 Å². The van der Waals surface area contributed by atoms with Crippen LogP contribution in [-0.2, 0) is 6.42 Å². The van der Waals surface area contributed by atoms with Crippen molar-refractivity contribution in [1.29, 1.82) is 0 Å². The summed E-state index contributed by atoms with van der Waals surface area (Å²) in [7, 11) is 0. The van der Waals surface area contributed by atoms with Gasteiger partial charge in [-0.25, -0.2) is 14.8 Å². The Balaban J connectivity index is 1.15. The third-order valence-corrected chi connectivity index (χ3v) is 7.08. The number of nitrogens with zero attached hydrogens (tertiary/aromatic N) is 2. The second-order valence-corrected chi connectivity index (χ2v) is 10.1. The lowest BCUT2D eigenvalue weighted by Crippen LogP contribution is -2.28. The highest BCUT2D eigenvalue weighted by atomic mass is 16.3. The normalized spacial score (nSPS) is 14.5. The van der Waals surface area contributed by atoms with Crippen molar-refractivity contribution in [2.45, 2.75) is 19.8 Å². The van der Waals surface area contributed by atoms with Gasteiger partial charge in [-0.2, -0.15) is 0 Å². The molecular formula is C34H31N5O2. The van der Waals surface area contributed by atoms with Crippen molar-refractivity contribution in [3.63, 3.8) is 0 Å². The van der Waals surface area contributed by atoms with Crippen molar-refractivity contribution >= 4 is 28.6 Å². The predicted octanol–water partition coefficient (Wildman–Crippen LogP) is 7.81. The van der Waals surface area contributed by atoms with Gasteiger partial charge in [-0.05, 0) is 48.1 Å². The van der Waals surface area contributed by atoms with E-state index in [1.807, 2.05) is 84.9 Å². The Kier molecular flexibility index (Phi) is 7.58. The number of allylic oxidation sites excluding steroid dienone is 3. The first-order valence-corrected chi connectivity index (χ1v) is 13.8. The standard InChI is InChI=1S/C34H31N5O2/c1-23-12-16-27(17-13-23)38-34(40)39-28-18-14-24(15-19-28)20-21-35-32-30-29(25-8-4-2-5-9-25)31(26-10-6-3-7-11-26)41-33(30)37-22-36-32/h2-12,14-19,22-23H,13,20-21H2,1H3,(H,35,36,37)(H2,38,39,40). The fraction of sp³-hybridized carbons (Fsp3) is 0.147. The van der Waals surface area contributed by atoms with Crippen molar-refractivity contribution in [3.8, 4) is 22.5 Å². The predicted molar refractivity (Wildman–Crippen MR) is 164 cm³/mol. The van der Waals surface area contributed by atoms with Gasteiger partial charge in [0.1, 0.15) is 17.9 Å². The second-order valence-electron chi connectivity index (χ2n) is 10.1. The van der Waals surface area contributed by atoms with Gasteiger partial charge in [0.2, 0.25) is 5.71 Å². The molecule has 6 rings (SSSR count). The molecule has 2 aromatic heterocycles. The first-order chi connectivity index (χ1) is 20.1. The summed E-state index contributed by atoms with van der Waals surface area (Å²) in [5, 5.41) is 10.2. The summed E-state index contributed by atoms with van der Waals surface area (Å²) in [6.07, 6.45) is 9.32. The smallest absolute Gasteiger partial charge is 0.323 e. The Morgan fingerprint density at radius 1 is 0.902 bits per heavy atom. The van der Waals surface area contributed by atoms with Gasteiger partial charge in [0.15, 0.2) is 0 Å². The first kappa shape index (κ1) is 26.1. The highest BCUT2D eigenvalue weighted by molar-refractivity contribution is 6.05. The number of rotatable bonds is 8. The van der Waals surface area contributed by atoms with Crippen LogP contribution >= 0.6 is 0 Å². The first-order valence-electron chi connectivity index (χ1n) is 13.8. The molecule has 1 aliphatic rings. The van der Waals surface area contributed by atoms with Crippen LogP contribution in [0, 0.1) is 5.92 Å².